The molecule has 7 heteroatoms. The molecule has 18 heavy (non-hydrogen) atoms. The van der Waals surface area contributed by atoms with Gasteiger partial charge in [0.25, 0.3) is 0 Å². The minimum absolute atomic E-state index is 0.0242. The zero-order valence-corrected chi connectivity index (χ0v) is 11.5. The number of anilines is 1. The Hall–Kier alpha value is -0.940. The second-order valence-corrected chi connectivity index (χ2v) is 3.81. The van der Waals surface area contributed by atoms with E-state index in [9.17, 15) is 18.0 Å². The maximum Gasteiger partial charge on any atom is 0.416 e. The predicted molar refractivity (Wildman–Crippen MR) is 67.1 cm³/mol. The van der Waals surface area contributed by atoms with Crippen molar-refractivity contribution >= 4 is 34.8 Å². The largest absolute Gasteiger partial charge is 0.416 e. The summed E-state index contributed by atoms with van der Waals surface area (Å²) in [6.45, 7) is 5.20. The fourth-order valence-corrected chi connectivity index (χ4v) is 1.61. The van der Waals surface area contributed by atoms with Crippen molar-refractivity contribution < 1.29 is 18.0 Å². The van der Waals surface area contributed by atoms with E-state index in [1.807, 2.05) is 13.8 Å². The minimum Gasteiger partial charge on any atom is -0.324 e. The highest BCUT2D eigenvalue weighted by atomic mass is 35.5. The normalized spacial score (nSPS) is 10.4. The molecule has 1 amide bonds. The molecular formula is C11H12Cl2F3NO. The van der Waals surface area contributed by atoms with Crippen LogP contribution in [0.2, 0.25) is 10.0 Å². The highest BCUT2D eigenvalue weighted by molar-refractivity contribution is 6.39. The monoisotopic (exact) mass is 301 g/mol. The van der Waals surface area contributed by atoms with E-state index >= 15 is 0 Å². The molecule has 0 heterocycles. The number of hydrogen-bond acceptors (Lipinski definition) is 1. The molecule has 102 valence electrons. The zero-order chi connectivity index (χ0) is 14.5. The summed E-state index contributed by atoms with van der Waals surface area (Å²) in [7, 11) is 0. The van der Waals surface area contributed by atoms with Gasteiger partial charge in [-0.25, -0.2) is 0 Å². The standard InChI is InChI=1S/C9H6Cl2F3NO.C2H6/c1-4(16)15-8-6(10)2-5(3-7(8)11)9(12,13)14;1-2/h2-3H,1H3,(H,15,16);1-2H3. The molecule has 1 aromatic carbocycles. The van der Waals surface area contributed by atoms with Crippen LogP contribution >= 0.6 is 23.2 Å². The Morgan fingerprint density at radius 2 is 1.56 bits per heavy atom. The van der Waals surface area contributed by atoms with Crippen LogP contribution in [0.4, 0.5) is 18.9 Å². The van der Waals surface area contributed by atoms with Crippen molar-refractivity contribution in [2.24, 2.45) is 0 Å². The Labute approximate surface area is 113 Å². The summed E-state index contributed by atoms with van der Waals surface area (Å²) in [6.07, 6.45) is -4.53. The second kappa shape index (κ2) is 6.85. The number of benzene rings is 1. The van der Waals surface area contributed by atoms with E-state index in [4.69, 9.17) is 23.2 Å². The van der Waals surface area contributed by atoms with Gasteiger partial charge in [-0.15, -0.1) is 0 Å². The fraction of sp³-hybridized carbons (Fsp3) is 0.364. The summed E-state index contributed by atoms with van der Waals surface area (Å²) in [4.78, 5) is 10.7. The van der Waals surface area contributed by atoms with E-state index in [1.165, 1.54) is 6.92 Å². The molecular weight excluding hydrogens is 290 g/mol. The summed E-state index contributed by atoms with van der Waals surface area (Å²) < 4.78 is 37.0. The number of hydrogen-bond donors (Lipinski definition) is 1. The molecule has 0 aromatic heterocycles. The second-order valence-electron chi connectivity index (χ2n) is 2.99. The van der Waals surface area contributed by atoms with Crippen molar-refractivity contribution in [2.45, 2.75) is 26.9 Å². The highest BCUT2D eigenvalue weighted by Gasteiger charge is 2.32. The van der Waals surface area contributed by atoms with E-state index in [0.29, 0.717) is 12.1 Å². The average Bonchev–Trinajstić information content (AvgIpc) is 2.24. The van der Waals surface area contributed by atoms with E-state index in [-0.39, 0.29) is 15.7 Å². The van der Waals surface area contributed by atoms with Gasteiger partial charge in [0, 0.05) is 6.92 Å². The molecule has 1 rings (SSSR count). The SMILES string of the molecule is CC.CC(=O)Nc1c(Cl)cc(C(F)(F)F)cc1Cl. The van der Waals surface area contributed by atoms with Crippen LogP contribution in [0.15, 0.2) is 12.1 Å². The van der Waals surface area contributed by atoms with Gasteiger partial charge in [0.15, 0.2) is 0 Å². The molecule has 0 spiro atoms. The van der Waals surface area contributed by atoms with E-state index in [0.717, 1.165) is 0 Å². The van der Waals surface area contributed by atoms with Crippen LogP contribution in [-0.4, -0.2) is 5.91 Å². The average molecular weight is 302 g/mol. The summed E-state index contributed by atoms with van der Waals surface area (Å²) in [5, 5.41) is 1.74. The first-order valence-corrected chi connectivity index (χ1v) is 5.81. The summed E-state index contributed by atoms with van der Waals surface area (Å²) in [5.74, 6) is -0.469. The predicted octanol–water partition coefficient (Wildman–Crippen LogP) is 5.00. The van der Waals surface area contributed by atoms with E-state index < -0.39 is 17.6 Å². The Morgan fingerprint density at radius 3 is 1.83 bits per heavy atom. The summed E-state index contributed by atoms with van der Waals surface area (Å²) in [5.41, 5.74) is -0.986. The number of nitrogens with one attached hydrogen (secondary N) is 1. The first-order valence-electron chi connectivity index (χ1n) is 5.05. The first-order chi connectivity index (χ1) is 8.21. The Bertz CT molecular complexity index is 410. The van der Waals surface area contributed by atoms with Crippen molar-refractivity contribution in [3.8, 4) is 0 Å². The molecule has 0 fully saturated rings. The quantitative estimate of drug-likeness (QED) is 0.777. The highest BCUT2D eigenvalue weighted by Crippen LogP contribution is 2.38. The molecule has 2 nitrogen and oxygen atoms in total. The van der Waals surface area contributed by atoms with Crippen LogP contribution in [0.5, 0.6) is 0 Å². The molecule has 0 unspecified atom stereocenters. The Balaban J connectivity index is 0.00000137. The van der Waals surface area contributed by atoms with Crippen molar-refractivity contribution in [3.63, 3.8) is 0 Å². The third-order valence-electron chi connectivity index (χ3n) is 1.67. The van der Waals surface area contributed by atoms with Crippen LogP contribution in [0.3, 0.4) is 0 Å². The number of amides is 1. The number of rotatable bonds is 1. The van der Waals surface area contributed by atoms with Crippen LogP contribution < -0.4 is 5.32 Å². The number of carbonyl (C=O) groups excluding carboxylic acids is 1. The van der Waals surface area contributed by atoms with Crippen molar-refractivity contribution in [1.82, 2.24) is 0 Å². The number of halogens is 5. The third kappa shape index (κ3) is 4.74. The van der Waals surface area contributed by atoms with Gasteiger partial charge >= 0.3 is 6.18 Å². The van der Waals surface area contributed by atoms with Gasteiger partial charge in [-0.3, -0.25) is 4.79 Å². The van der Waals surface area contributed by atoms with E-state index in [1.54, 1.807) is 0 Å². The molecule has 0 aliphatic heterocycles. The summed E-state index contributed by atoms with van der Waals surface area (Å²) >= 11 is 11.2. The van der Waals surface area contributed by atoms with Gasteiger partial charge in [0.05, 0.1) is 21.3 Å². The molecule has 0 aliphatic rings. The van der Waals surface area contributed by atoms with E-state index in [2.05, 4.69) is 5.32 Å². The summed E-state index contributed by atoms with van der Waals surface area (Å²) in [6, 6.07) is 1.41. The van der Waals surface area contributed by atoms with Crippen molar-refractivity contribution in [1.29, 1.82) is 0 Å². The van der Waals surface area contributed by atoms with Gasteiger partial charge in [0.2, 0.25) is 5.91 Å². The topological polar surface area (TPSA) is 29.1 Å². The number of alkyl halides is 3. The smallest absolute Gasteiger partial charge is 0.324 e. The lowest BCUT2D eigenvalue weighted by atomic mass is 10.2. The molecule has 0 aliphatic carbocycles. The van der Waals surface area contributed by atoms with Gasteiger partial charge in [-0.2, -0.15) is 13.2 Å². The third-order valence-corrected chi connectivity index (χ3v) is 2.27. The number of carbonyl (C=O) groups is 1. The molecule has 0 saturated carbocycles. The Kier molecular flexibility index (Phi) is 6.49. The van der Waals surface area contributed by atoms with Crippen LogP contribution in [-0.2, 0) is 11.0 Å². The fourth-order valence-electron chi connectivity index (χ4n) is 1.03. The van der Waals surface area contributed by atoms with Gasteiger partial charge in [-0.05, 0) is 12.1 Å². The lowest BCUT2D eigenvalue weighted by molar-refractivity contribution is -0.137. The minimum atomic E-state index is -4.53. The molecule has 0 bridgehead atoms. The van der Waals surface area contributed by atoms with Crippen LogP contribution in [0, 0.1) is 0 Å². The van der Waals surface area contributed by atoms with Crippen LogP contribution in [0.25, 0.3) is 0 Å². The maximum atomic E-state index is 12.3. The molecule has 1 aromatic rings. The Morgan fingerprint density at radius 1 is 1.17 bits per heavy atom. The lowest BCUT2D eigenvalue weighted by Gasteiger charge is -2.12. The van der Waals surface area contributed by atoms with Crippen LogP contribution in [0.1, 0.15) is 26.3 Å². The molecule has 0 saturated heterocycles. The van der Waals surface area contributed by atoms with Crippen molar-refractivity contribution in [3.05, 3.63) is 27.7 Å². The molecule has 1 N–H and O–H groups in total. The lowest BCUT2D eigenvalue weighted by Crippen LogP contribution is -2.09. The van der Waals surface area contributed by atoms with Gasteiger partial charge < -0.3 is 5.32 Å². The van der Waals surface area contributed by atoms with Gasteiger partial charge in [0.1, 0.15) is 0 Å². The zero-order valence-electron chi connectivity index (χ0n) is 9.95. The van der Waals surface area contributed by atoms with Gasteiger partial charge in [-0.1, -0.05) is 37.0 Å². The maximum absolute atomic E-state index is 12.3. The first kappa shape index (κ1) is 17.1. The van der Waals surface area contributed by atoms with Crippen molar-refractivity contribution in [2.75, 3.05) is 5.32 Å². The molecule has 0 atom stereocenters. The molecule has 0 radical (unpaired) electrons.